The molecule has 10 nitrogen and oxygen atoms in total. The Balaban J connectivity index is 1.44. The van der Waals surface area contributed by atoms with Crippen LogP contribution >= 0.6 is 0 Å². The predicted octanol–water partition coefficient (Wildman–Crippen LogP) is 4.81. The summed E-state index contributed by atoms with van der Waals surface area (Å²) in [6, 6.07) is 16.9. The Labute approximate surface area is 228 Å². The third kappa shape index (κ3) is 5.73. The van der Waals surface area contributed by atoms with Crippen molar-refractivity contribution in [2.45, 2.75) is 25.9 Å². The molecule has 0 aliphatic carbocycles. The molecular weight excluding hydrogens is 514 g/mol. The SMILES string of the molecule is CCn1cc(-c2ccnc3c2CC(c2ccc(NS(C)(=O)=O)cc2)N3)c(-c2ccc(NC(=O)N(C)C)cc2)n1. The van der Waals surface area contributed by atoms with Gasteiger partial charge in [-0.2, -0.15) is 5.10 Å². The number of aromatic nitrogens is 3. The van der Waals surface area contributed by atoms with E-state index in [0.717, 1.165) is 58.6 Å². The first-order valence-electron chi connectivity index (χ1n) is 12.6. The molecule has 4 aromatic rings. The molecule has 2 aromatic heterocycles. The van der Waals surface area contributed by atoms with Gasteiger partial charge in [0.05, 0.1) is 12.3 Å². The fourth-order valence-electron chi connectivity index (χ4n) is 4.64. The summed E-state index contributed by atoms with van der Waals surface area (Å²) in [6.07, 6.45) is 5.72. The molecule has 1 atom stereocenters. The summed E-state index contributed by atoms with van der Waals surface area (Å²) in [5, 5.41) is 11.2. The largest absolute Gasteiger partial charge is 0.363 e. The molecule has 11 heteroatoms. The number of urea groups is 1. The van der Waals surface area contributed by atoms with Crippen molar-refractivity contribution >= 4 is 33.2 Å². The average Bonchev–Trinajstić information content (AvgIpc) is 3.53. The number of carbonyl (C=O) groups excluding carboxylic acids is 1. The first-order valence-corrected chi connectivity index (χ1v) is 14.5. The Morgan fingerprint density at radius 2 is 1.74 bits per heavy atom. The molecule has 2 amide bonds. The molecule has 5 rings (SSSR count). The van der Waals surface area contributed by atoms with Crippen LogP contribution in [0.15, 0.2) is 67.0 Å². The van der Waals surface area contributed by atoms with Gasteiger partial charge in [0.1, 0.15) is 11.5 Å². The molecule has 0 spiro atoms. The molecule has 0 radical (unpaired) electrons. The van der Waals surface area contributed by atoms with Crippen molar-refractivity contribution in [3.8, 4) is 22.4 Å². The van der Waals surface area contributed by atoms with Crippen molar-refractivity contribution < 1.29 is 13.2 Å². The van der Waals surface area contributed by atoms with E-state index >= 15 is 0 Å². The highest BCUT2D eigenvalue weighted by Gasteiger charge is 2.28. The Morgan fingerprint density at radius 3 is 2.38 bits per heavy atom. The van der Waals surface area contributed by atoms with Crippen LogP contribution in [0.4, 0.5) is 22.0 Å². The van der Waals surface area contributed by atoms with Crippen molar-refractivity contribution in [1.29, 1.82) is 0 Å². The summed E-state index contributed by atoms with van der Waals surface area (Å²) >= 11 is 0. The lowest BCUT2D eigenvalue weighted by Crippen LogP contribution is -2.27. The number of rotatable bonds is 7. The molecule has 1 aliphatic heterocycles. The lowest BCUT2D eigenvalue weighted by molar-refractivity contribution is 0.230. The maximum absolute atomic E-state index is 12.0. The fraction of sp³-hybridized carbons (Fsp3) is 0.250. The van der Waals surface area contributed by atoms with E-state index in [-0.39, 0.29) is 12.1 Å². The molecule has 202 valence electrons. The molecule has 39 heavy (non-hydrogen) atoms. The lowest BCUT2D eigenvalue weighted by atomic mass is 9.95. The van der Waals surface area contributed by atoms with Crippen LogP contribution in [0.3, 0.4) is 0 Å². The first kappa shape index (κ1) is 26.2. The summed E-state index contributed by atoms with van der Waals surface area (Å²) in [7, 11) is 0.0677. The number of aryl methyl sites for hydroxylation is 1. The zero-order valence-corrected chi connectivity index (χ0v) is 23.1. The molecular formula is C28H31N7O3S. The first-order chi connectivity index (χ1) is 18.6. The zero-order chi connectivity index (χ0) is 27.7. The lowest BCUT2D eigenvalue weighted by Gasteiger charge is -2.12. The smallest absolute Gasteiger partial charge is 0.321 e. The Bertz CT molecular complexity index is 1610. The van der Waals surface area contributed by atoms with Crippen LogP contribution in [0.1, 0.15) is 24.1 Å². The minimum atomic E-state index is -3.33. The molecule has 2 aromatic carbocycles. The van der Waals surface area contributed by atoms with Gasteiger partial charge in [-0.05, 0) is 48.4 Å². The number of anilines is 3. The maximum atomic E-state index is 12.0. The Hall–Kier alpha value is -4.38. The average molecular weight is 546 g/mol. The van der Waals surface area contributed by atoms with E-state index in [1.165, 1.54) is 4.90 Å². The predicted molar refractivity (Wildman–Crippen MR) is 154 cm³/mol. The second kappa shape index (κ2) is 10.4. The number of nitrogens with zero attached hydrogens (tertiary/aromatic N) is 4. The number of pyridine rings is 1. The second-order valence-electron chi connectivity index (χ2n) is 9.73. The van der Waals surface area contributed by atoms with Crippen molar-refractivity contribution in [3.05, 3.63) is 78.1 Å². The standard InChI is InChI=1S/C28H31N7O3S/c1-5-35-17-24(26(32-35)19-8-10-20(11-9-19)30-28(36)34(2)3)22-14-15-29-27-23(22)16-25(31-27)18-6-12-21(13-7-18)33-39(4,37)38/h6-15,17,25,33H,5,16H2,1-4H3,(H,29,31)(H,30,36). The minimum absolute atomic E-state index is 0.00481. The fourth-order valence-corrected chi connectivity index (χ4v) is 5.20. The van der Waals surface area contributed by atoms with Crippen LogP contribution in [-0.4, -0.2) is 54.5 Å². The minimum Gasteiger partial charge on any atom is -0.363 e. The highest BCUT2D eigenvalue weighted by atomic mass is 32.2. The van der Waals surface area contributed by atoms with E-state index in [4.69, 9.17) is 5.10 Å². The number of sulfonamides is 1. The number of nitrogens with one attached hydrogen (secondary N) is 3. The zero-order valence-electron chi connectivity index (χ0n) is 22.3. The van der Waals surface area contributed by atoms with Gasteiger partial charge < -0.3 is 15.5 Å². The maximum Gasteiger partial charge on any atom is 0.321 e. The van der Waals surface area contributed by atoms with Crippen LogP contribution in [-0.2, 0) is 23.0 Å². The summed E-state index contributed by atoms with van der Waals surface area (Å²) in [6.45, 7) is 2.78. The van der Waals surface area contributed by atoms with Gasteiger partial charge >= 0.3 is 6.03 Å². The highest BCUT2D eigenvalue weighted by Crippen LogP contribution is 2.41. The van der Waals surface area contributed by atoms with Gasteiger partial charge in [0.2, 0.25) is 10.0 Å². The van der Waals surface area contributed by atoms with Gasteiger partial charge in [0, 0.05) is 67.5 Å². The topological polar surface area (TPSA) is 121 Å². The van der Waals surface area contributed by atoms with E-state index in [2.05, 4.69) is 33.5 Å². The summed E-state index contributed by atoms with van der Waals surface area (Å²) in [5.41, 5.74) is 7.26. The number of hydrogen-bond acceptors (Lipinski definition) is 6. The monoisotopic (exact) mass is 545 g/mol. The van der Waals surface area contributed by atoms with Gasteiger partial charge in [-0.25, -0.2) is 18.2 Å². The van der Waals surface area contributed by atoms with E-state index in [1.54, 1.807) is 32.4 Å². The van der Waals surface area contributed by atoms with Gasteiger partial charge in [0.25, 0.3) is 0 Å². The molecule has 1 unspecified atom stereocenters. The number of carbonyl (C=O) groups is 1. The van der Waals surface area contributed by atoms with Gasteiger partial charge in [-0.3, -0.25) is 9.40 Å². The summed E-state index contributed by atoms with van der Waals surface area (Å²) in [5.74, 6) is 0.827. The van der Waals surface area contributed by atoms with Crippen LogP contribution in [0, 0.1) is 0 Å². The third-order valence-corrected chi connectivity index (χ3v) is 7.19. The number of benzene rings is 2. The number of fused-ring (bicyclic) bond motifs is 1. The van der Waals surface area contributed by atoms with E-state index in [9.17, 15) is 13.2 Å². The molecule has 0 saturated heterocycles. The molecule has 0 fully saturated rings. The quantitative estimate of drug-likeness (QED) is 0.307. The van der Waals surface area contributed by atoms with Crippen LogP contribution in [0.25, 0.3) is 22.4 Å². The highest BCUT2D eigenvalue weighted by molar-refractivity contribution is 7.92. The van der Waals surface area contributed by atoms with E-state index in [0.29, 0.717) is 11.4 Å². The van der Waals surface area contributed by atoms with Gasteiger partial charge in [-0.1, -0.05) is 24.3 Å². The van der Waals surface area contributed by atoms with Gasteiger partial charge in [-0.15, -0.1) is 0 Å². The second-order valence-corrected chi connectivity index (χ2v) is 11.5. The van der Waals surface area contributed by atoms with Crippen LogP contribution in [0.5, 0.6) is 0 Å². The Morgan fingerprint density at radius 1 is 1.05 bits per heavy atom. The van der Waals surface area contributed by atoms with Crippen molar-refractivity contribution in [2.75, 3.05) is 35.7 Å². The number of hydrogen-bond donors (Lipinski definition) is 3. The van der Waals surface area contributed by atoms with Gasteiger partial charge in [0.15, 0.2) is 0 Å². The third-order valence-electron chi connectivity index (χ3n) is 6.58. The van der Waals surface area contributed by atoms with E-state index < -0.39 is 10.0 Å². The van der Waals surface area contributed by atoms with Crippen molar-refractivity contribution in [3.63, 3.8) is 0 Å². The molecule has 1 aliphatic rings. The van der Waals surface area contributed by atoms with E-state index in [1.807, 2.05) is 47.1 Å². The Kier molecular flexibility index (Phi) is 7.00. The number of amides is 2. The summed E-state index contributed by atoms with van der Waals surface area (Å²) in [4.78, 5) is 18.1. The van der Waals surface area contributed by atoms with Crippen LogP contribution in [0.2, 0.25) is 0 Å². The van der Waals surface area contributed by atoms with Crippen molar-refractivity contribution in [1.82, 2.24) is 19.7 Å². The van der Waals surface area contributed by atoms with Crippen molar-refractivity contribution in [2.24, 2.45) is 0 Å². The molecule has 3 N–H and O–H groups in total. The molecule has 0 saturated carbocycles. The molecule has 3 heterocycles. The normalized spacial score (nSPS) is 14.4. The summed E-state index contributed by atoms with van der Waals surface area (Å²) < 4.78 is 27.5. The molecule has 0 bridgehead atoms. The van der Waals surface area contributed by atoms with Crippen LogP contribution < -0.4 is 15.4 Å².